The Morgan fingerprint density at radius 3 is 2.32 bits per heavy atom. The number of ether oxygens (including phenoxy) is 1. The van der Waals surface area contributed by atoms with Gasteiger partial charge in [0.15, 0.2) is 0 Å². The van der Waals surface area contributed by atoms with Gasteiger partial charge in [-0.1, -0.05) is 51.1 Å². The first-order chi connectivity index (χ1) is 10.3. The fraction of sp³-hybridized carbons (Fsp3) is 0.700. The van der Waals surface area contributed by atoms with E-state index in [0.29, 0.717) is 5.41 Å². The van der Waals surface area contributed by atoms with Crippen LogP contribution in [0.5, 0.6) is 0 Å². The molecule has 3 atom stereocenters. The first-order valence-corrected chi connectivity index (χ1v) is 8.68. The Hall–Kier alpha value is -0.860. The van der Waals surface area contributed by atoms with Crippen LogP contribution in [-0.2, 0) is 10.3 Å². The van der Waals surface area contributed by atoms with E-state index >= 15 is 0 Å². The maximum absolute atomic E-state index is 6.72. The summed E-state index contributed by atoms with van der Waals surface area (Å²) in [6, 6.07) is 11.0. The maximum atomic E-state index is 6.72. The Kier molecular flexibility index (Phi) is 3.89. The van der Waals surface area contributed by atoms with Crippen molar-refractivity contribution in [2.75, 3.05) is 27.2 Å². The van der Waals surface area contributed by atoms with Gasteiger partial charge in [-0.2, -0.15) is 0 Å². The van der Waals surface area contributed by atoms with Gasteiger partial charge in [0.2, 0.25) is 0 Å². The summed E-state index contributed by atoms with van der Waals surface area (Å²) >= 11 is 0. The Bertz CT molecular complexity index is 524. The van der Waals surface area contributed by atoms with E-state index in [1.54, 1.807) is 0 Å². The highest BCUT2D eigenvalue weighted by Crippen LogP contribution is 2.73. The van der Waals surface area contributed by atoms with E-state index in [2.05, 4.69) is 70.1 Å². The lowest BCUT2D eigenvalue weighted by molar-refractivity contribution is -0.148. The topological polar surface area (TPSA) is 12.5 Å². The summed E-state index contributed by atoms with van der Waals surface area (Å²) in [4.78, 5) is 2.21. The molecule has 0 spiro atoms. The molecular formula is C20H31NO. The van der Waals surface area contributed by atoms with Crippen molar-refractivity contribution in [1.29, 1.82) is 0 Å². The molecule has 2 heteroatoms. The molecule has 2 aliphatic rings. The smallest absolute Gasteiger partial charge is 0.0993 e. The highest BCUT2D eigenvalue weighted by atomic mass is 16.5. The molecule has 0 saturated heterocycles. The summed E-state index contributed by atoms with van der Waals surface area (Å²) in [5.41, 5.74) is 1.84. The summed E-state index contributed by atoms with van der Waals surface area (Å²) < 4.78 is 6.72. The average Bonchev–Trinajstić information content (AvgIpc) is 2.80. The summed E-state index contributed by atoms with van der Waals surface area (Å²) in [5.74, 6) is 0.775. The normalized spacial score (nSPS) is 36.2. The molecule has 0 radical (unpaired) electrons. The van der Waals surface area contributed by atoms with Crippen LogP contribution in [0.3, 0.4) is 0 Å². The van der Waals surface area contributed by atoms with Crippen LogP contribution < -0.4 is 0 Å². The molecule has 2 aliphatic carbocycles. The second-order valence-electron chi connectivity index (χ2n) is 8.34. The summed E-state index contributed by atoms with van der Waals surface area (Å²) in [6.45, 7) is 9.19. The zero-order valence-corrected chi connectivity index (χ0v) is 14.9. The number of nitrogens with zero attached hydrogens (tertiary/aromatic N) is 1. The summed E-state index contributed by atoms with van der Waals surface area (Å²) in [7, 11) is 4.23. The van der Waals surface area contributed by atoms with Crippen LogP contribution in [0.15, 0.2) is 30.3 Å². The molecule has 1 aromatic rings. The number of hydrogen-bond donors (Lipinski definition) is 0. The molecule has 0 aliphatic heterocycles. The maximum Gasteiger partial charge on any atom is 0.0993 e. The predicted octanol–water partition coefficient (Wildman–Crippen LogP) is 4.31. The van der Waals surface area contributed by atoms with E-state index in [1.807, 2.05) is 0 Å². The first kappa shape index (κ1) is 16.0. The van der Waals surface area contributed by atoms with Gasteiger partial charge in [-0.15, -0.1) is 0 Å². The van der Waals surface area contributed by atoms with Crippen molar-refractivity contribution in [3.05, 3.63) is 35.9 Å². The lowest BCUT2D eigenvalue weighted by Gasteiger charge is -2.49. The molecule has 2 bridgehead atoms. The third-order valence-corrected chi connectivity index (χ3v) is 6.99. The lowest BCUT2D eigenvalue weighted by atomic mass is 9.62. The molecular weight excluding hydrogens is 270 g/mol. The minimum atomic E-state index is -0.114. The van der Waals surface area contributed by atoms with Crippen LogP contribution in [0.1, 0.15) is 45.6 Å². The molecule has 22 heavy (non-hydrogen) atoms. The van der Waals surface area contributed by atoms with Crippen LogP contribution in [0.4, 0.5) is 0 Å². The van der Waals surface area contributed by atoms with E-state index in [1.165, 1.54) is 24.8 Å². The second kappa shape index (κ2) is 5.35. The van der Waals surface area contributed by atoms with Gasteiger partial charge in [0.05, 0.1) is 12.2 Å². The van der Waals surface area contributed by atoms with Gasteiger partial charge in [0.25, 0.3) is 0 Å². The SMILES string of the molecule is CN(C)CCO[C@@]1(c2ccccc2)C[C@H]2CC[C@@]1(C)C2(C)C. The first-order valence-electron chi connectivity index (χ1n) is 8.68. The fourth-order valence-electron chi connectivity index (χ4n) is 5.10. The molecule has 2 nitrogen and oxygen atoms in total. The number of hydrogen-bond acceptors (Lipinski definition) is 2. The zero-order chi connectivity index (χ0) is 16.0. The number of fused-ring (bicyclic) bond motifs is 2. The summed E-state index contributed by atoms with van der Waals surface area (Å²) in [5, 5.41) is 0. The molecule has 2 saturated carbocycles. The van der Waals surface area contributed by atoms with Gasteiger partial charge in [0, 0.05) is 12.0 Å². The zero-order valence-electron chi connectivity index (χ0n) is 14.9. The van der Waals surface area contributed by atoms with Gasteiger partial charge in [0.1, 0.15) is 0 Å². The van der Waals surface area contributed by atoms with Crippen molar-refractivity contribution in [2.24, 2.45) is 16.7 Å². The quantitative estimate of drug-likeness (QED) is 0.803. The van der Waals surface area contributed by atoms with Crippen molar-refractivity contribution in [2.45, 2.75) is 45.6 Å². The number of likely N-dealkylation sites (N-methyl/N-ethyl adjacent to an activating group) is 1. The van der Waals surface area contributed by atoms with E-state index in [9.17, 15) is 0 Å². The molecule has 122 valence electrons. The van der Waals surface area contributed by atoms with Gasteiger partial charge in [-0.3, -0.25) is 0 Å². The third-order valence-electron chi connectivity index (χ3n) is 6.99. The fourth-order valence-corrected chi connectivity index (χ4v) is 5.10. The molecule has 0 heterocycles. The van der Waals surface area contributed by atoms with Gasteiger partial charge < -0.3 is 9.64 Å². The molecule has 3 rings (SSSR count). The molecule has 2 fully saturated rings. The predicted molar refractivity (Wildman–Crippen MR) is 91.9 cm³/mol. The van der Waals surface area contributed by atoms with E-state index in [-0.39, 0.29) is 11.0 Å². The third kappa shape index (κ3) is 2.07. The van der Waals surface area contributed by atoms with Crippen LogP contribution in [-0.4, -0.2) is 32.1 Å². The molecule has 0 N–H and O–H groups in total. The average molecular weight is 301 g/mol. The van der Waals surface area contributed by atoms with Crippen LogP contribution in [0.25, 0.3) is 0 Å². The monoisotopic (exact) mass is 301 g/mol. The van der Waals surface area contributed by atoms with Crippen LogP contribution >= 0.6 is 0 Å². The van der Waals surface area contributed by atoms with Gasteiger partial charge in [-0.25, -0.2) is 0 Å². The Balaban J connectivity index is 1.99. The lowest BCUT2D eigenvalue weighted by Crippen LogP contribution is -2.47. The van der Waals surface area contributed by atoms with Crippen molar-refractivity contribution >= 4 is 0 Å². The van der Waals surface area contributed by atoms with Gasteiger partial charge in [-0.05, 0) is 50.3 Å². The Morgan fingerprint density at radius 1 is 1.14 bits per heavy atom. The Labute approximate surface area is 135 Å². The molecule has 0 amide bonds. The number of rotatable bonds is 5. The van der Waals surface area contributed by atoms with E-state index in [0.717, 1.165) is 19.1 Å². The highest BCUT2D eigenvalue weighted by Gasteiger charge is 2.69. The second-order valence-corrected chi connectivity index (χ2v) is 8.34. The summed E-state index contributed by atoms with van der Waals surface area (Å²) in [6.07, 6.45) is 3.81. The van der Waals surface area contributed by atoms with Crippen molar-refractivity contribution in [3.8, 4) is 0 Å². The van der Waals surface area contributed by atoms with E-state index in [4.69, 9.17) is 4.74 Å². The van der Waals surface area contributed by atoms with Crippen molar-refractivity contribution in [1.82, 2.24) is 4.90 Å². The molecule has 0 unspecified atom stereocenters. The largest absolute Gasteiger partial charge is 0.368 e. The van der Waals surface area contributed by atoms with Crippen molar-refractivity contribution < 1.29 is 4.74 Å². The van der Waals surface area contributed by atoms with Crippen molar-refractivity contribution in [3.63, 3.8) is 0 Å². The minimum Gasteiger partial charge on any atom is -0.368 e. The van der Waals surface area contributed by atoms with Gasteiger partial charge >= 0.3 is 0 Å². The van der Waals surface area contributed by atoms with Crippen LogP contribution in [0, 0.1) is 16.7 Å². The molecule has 1 aromatic carbocycles. The molecule has 0 aromatic heterocycles. The number of benzene rings is 1. The Morgan fingerprint density at radius 2 is 1.82 bits per heavy atom. The minimum absolute atomic E-state index is 0.114. The highest BCUT2D eigenvalue weighted by molar-refractivity contribution is 5.32. The standard InChI is InChI=1S/C20H31NO/c1-18(2)17-11-12-19(18,3)20(15-17,22-14-13-21(4)5)16-9-7-6-8-10-16/h6-10,17H,11-15H2,1-5H3/t17-,19+,20-/m1/s1. The van der Waals surface area contributed by atoms with Crippen LogP contribution in [0.2, 0.25) is 0 Å². The van der Waals surface area contributed by atoms with E-state index < -0.39 is 0 Å².